The molecule has 2 fully saturated rings. The van der Waals surface area contributed by atoms with Gasteiger partial charge in [0.15, 0.2) is 0 Å². The standard InChI is InChI=1S/C16H21ClN2O2/c1-11-8-19-9-14(7-15(19)10-21-11)18-16(20)6-12-3-2-4-13(17)5-12/h2-5,11,14-15H,6-10H2,1H3,(H,18,20)/t11-,14-,15-/m0/s1. The Morgan fingerprint density at radius 3 is 3.14 bits per heavy atom. The molecule has 1 aromatic carbocycles. The van der Waals surface area contributed by atoms with E-state index in [0.29, 0.717) is 23.6 Å². The quantitative estimate of drug-likeness (QED) is 0.927. The normalized spacial score (nSPS) is 29.1. The molecule has 4 nitrogen and oxygen atoms in total. The Balaban J connectivity index is 1.52. The van der Waals surface area contributed by atoms with Crippen molar-refractivity contribution in [2.75, 3.05) is 19.7 Å². The fourth-order valence-electron chi connectivity index (χ4n) is 3.26. The van der Waals surface area contributed by atoms with Gasteiger partial charge in [0, 0.05) is 30.2 Å². The number of nitrogens with one attached hydrogen (secondary N) is 1. The molecule has 2 saturated heterocycles. The molecule has 0 spiro atoms. The van der Waals surface area contributed by atoms with E-state index in [1.165, 1.54) is 0 Å². The lowest BCUT2D eigenvalue weighted by Crippen LogP contribution is -2.45. The van der Waals surface area contributed by atoms with Gasteiger partial charge in [-0.05, 0) is 31.0 Å². The third kappa shape index (κ3) is 3.76. The van der Waals surface area contributed by atoms with Crippen LogP contribution in [0.5, 0.6) is 0 Å². The number of benzene rings is 1. The largest absolute Gasteiger partial charge is 0.376 e. The maximum Gasteiger partial charge on any atom is 0.224 e. The molecule has 5 heteroatoms. The molecule has 0 unspecified atom stereocenters. The smallest absolute Gasteiger partial charge is 0.224 e. The monoisotopic (exact) mass is 308 g/mol. The Kier molecular flexibility index (Phi) is 4.48. The van der Waals surface area contributed by atoms with E-state index < -0.39 is 0 Å². The van der Waals surface area contributed by atoms with Crippen molar-refractivity contribution in [3.63, 3.8) is 0 Å². The number of morpholine rings is 1. The van der Waals surface area contributed by atoms with Crippen molar-refractivity contribution < 1.29 is 9.53 Å². The van der Waals surface area contributed by atoms with E-state index in [-0.39, 0.29) is 11.9 Å². The summed E-state index contributed by atoms with van der Waals surface area (Å²) in [4.78, 5) is 14.6. The highest BCUT2D eigenvalue weighted by atomic mass is 35.5. The van der Waals surface area contributed by atoms with Crippen LogP contribution in [-0.4, -0.2) is 48.7 Å². The van der Waals surface area contributed by atoms with Crippen LogP contribution >= 0.6 is 11.6 Å². The van der Waals surface area contributed by atoms with Gasteiger partial charge in [-0.25, -0.2) is 0 Å². The summed E-state index contributed by atoms with van der Waals surface area (Å²) in [5, 5.41) is 3.81. The number of fused-ring (bicyclic) bond motifs is 1. The maximum atomic E-state index is 12.1. The van der Waals surface area contributed by atoms with Crippen LogP contribution in [0.4, 0.5) is 0 Å². The molecule has 0 aliphatic carbocycles. The SMILES string of the molecule is C[C@H]1CN2C[C@@H](NC(=O)Cc3cccc(Cl)c3)C[C@H]2CO1. The van der Waals surface area contributed by atoms with E-state index in [9.17, 15) is 4.79 Å². The molecule has 0 saturated carbocycles. The topological polar surface area (TPSA) is 41.6 Å². The third-order valence-corrected chi connectivity index (χ3v) is 4.45. The van der Waals surface area contributed by atoms with Crippen molar-refractivity contribution in [1.29, 1.82) is 0 Å². The molecule has 3 atom stereocenters. The van der Waals surface area contributed by atoms with E-state index in [1.807, 2.05) is 24.3 Å². The summed E-state index contributed by atoms with van der Waals surface area (Å²) in [5.41, 5.74) is 0.952. The molecule has 2 heterocycles. The second kappa shape index (κ2) is 6.34. The van der Waals surface area contributed by atoms with Crippen molar-refractivity contribution in [1.82, 2.24) is 10.2 Å². The number of carbonyl (C=O) groups excluding carboxylic acids is 1. The van der Waals surface area contributed by atoms with E-state index >= 15 is 0 Å². The number of hydrogen-bond acceptors (Lipinski definition) is 3. The molecule has 1 amide bonds. The zero-order chi connectivity index (χ0) is 14.8. The first-order valence-electron chi connectivity index (χ1n) is 7.49. The van der Waals surface area contributed by atoms with Crippen molar-refractivity contribution >= 4 is 17.5 Å². The zero-order valence-corrected chi connectivity index (χ0v) is 13.0. The maximum absolute atomic E-state index is 12.1. The van der Waals surface area contributed by atoms with E-state index in [2.05, 4.69) is 17.1 Å². The highest BCUT2D eigenvalue weighted by Gasteiger charge is 2.36. The van der Waals surface area contributed by atoms with Gasteiger partial charge in [-0.2, -0.15) is 0 Å². The minimum Gasteiger partial charge on any atom is -0.376 e. The highest BCUT2D eigenvalue weighted by Crippen LogP contribution is 2.23. The summed E-state index contributed by atoms with van der Waals surface area (Å²) < 4.78 is 5.68. The molecule has 0 radical (unpaired) electrons. The number of hydrogen-bond donors (Lipinski definition) is 1. The molecule has 2 aliphatic rings. The first-order chi connectivity index (χ1) is 10.1. The predicted molar refractivity (Wildman–Crippen MR) is 82.5 cm³/mol. The second-order valence-electron chi connectivity index (χ2n) is 6.06. The molecular weight excluding hydrogens is 288 g/mol. The van der Waals surface area contributed by atoms with Gasteiger partial charge >= 0.3 is 0 Å². The van der Waals surface area contributed by atoms with Crippen molar-refractivity contribution in [3.8, 4) is 0 Å². The van der Waals surface area contributed by atoms with Gasteiger partial charge in [0.05, 0.1) is 19.1 Å². The Labute approximate surface area is 130 Å². The lowest BCUT2D eigenvalue weighted by Gasteiger charge is -2.33. The molecular formula is C16H21ClN2O2. The molecule has 1 N–H and O–H groups in total. The van der Waals surface area contributed by atoms with Crippen LogP contribution < -0.4 is 5.32 Å². The van der Waals surface area contributed by atoms with Crippen LogP contribution in [0.3, 0.4) is 0 Å². The molecule has 2 aliphatic heterocycles. The number of rotatable bonds is 3. The van der Waals surface area contributed by atoms with E-state index in [4.69, 9.17) is 16.3 Å². The van der Waals surface area contributed by atoms with E-state index in [0.717, 1.165) is 31.7 Å². The van der Waals surface area contributed by atoms with Crippen LogP contribution in [-0.2, 0) is 16.0 Å². The fraction of sp³-hybridized carbons (Fsp3) is 0.562. The van der Waals surface area contributed by atoms with Crippen LogP contribution in [0.15, 0.2) is 24.3 Å². The molecule has 21 heavy (non-hydrogen) atoms. The van der Waals surface area contributed by atoms with Crippen LogP contribution in [0, 0.1) is 0 Å². The summed E-state index contributed by atoms with van der Waals surface area (Å²) >= 11 is 5.94. The molecule has 3 rings (SSSR count). The van der Waals surface area contributed by atoms with Gasteiger partial charge in [0.2, 0.25) is 5.91 Å². The van der Waals surface area contributed by atoms with Gasteiger partial charge in [-0.1, -0.05) is 23.7 Å². The average Bonchev–Trinajstić information content (AvgIpc) is 2.79. The minimum absolute atomic E-state index is 0.0658. The van der Waals surface area contributed by atoms with Gasteiger partial charge in [0.25, 0.3) is 0 Å². The summed E-state index contributed by atoms with van der Waals surface area (Å²) in [6.45, 7) is 4.77. The molecule has 0 aromatic heterocycles. The Morgan fingerprint density at radius 2 is 2.33 bits per heavy atom. The van der Waals surface area contributed by atoms with Gasteiger partial charge in [-0.3, -0.25) is 9.69 Å². The summed E-state index contributed by atoms with van der Waals surface area (Å²) in [5.74, 6) is 0.0658. The third-order valence-electron chi connectivity index (χ3n) is 4.21. The number of carbonyl (C=O) groups is 1. The Bertz CT molecular complexity index is 523. The van der Waals surface area contributed by atoms with Gasteiger partial charge in [0.1, 0.15) is 0 Å². The number of nitrogens with zero attached hydrogens (tertiary/aromatic N) is 1. The second-order valence-corrected chi connectivity index (χ2v) is 6.49. The Morgan fingerprint density at radius 1 is 1.48 bits per heavy atom. The first kappa shape index (κ1) is 14.8. The van der Waals surface area contributed by atoms with Crippen molar-refractivity contribution in [2.24, 2.45) is 0 Å². The van der Waals surface area contributed by atoms with Crippen LogP contribution in [0.25, 0.3) is 0 Å². The van der Waals surface area contributed by atoms with E-state index in [1.54, 1.807) is 0 Å². The zero-order valence-electron chi connectivity index (χ0n) is 12.2. The number of ether oxygens (including phenoxy) is 1. The highest BCUT2D eigenvalue weighted by molar-refractivity contribution is 6.30. The van der Waals surface area contributed by atoms with Crippen LogP contribution in [0.2, 0.25) is 5.02 Å². The summed E-state index contributed by atoms with van der Waals surface area (Å²) in [6.07, 6.45) is 1.66. The van der Waals surface area contributed by atoms with Crippen molar-refractivity contribution in [3.05, 3.63) is 34.9 Å². The lowest BCUT2D eigenvalue weighted by atomic mass is 10.1. The van der Waals surface area contributed by atoms with Gasteiger partial charge in [-0.15, -0.1) is 0 Å². The van der Waals surface area contributed by atoms with Gasteiger partial charge < -0.3 is 10.1 Å². The fourth-order valence-corrected chi connectivity index (χ4v) is 3.47. The number of halogens is 1. The first-order valence-corrected chi connectivity index (χ1v) is 7.87. The lowest BCUT2D eigenvalue weighted by molar-refractivity contribution is -0.121. The van der Waals surface area contributed by atoms with Crippen molar-refractivity contribution in [2.45, 2.75) is 38.0 Å². The molecule has 0 bridgehead atoms. The number of amides is 1. The average molecular weight is 309 g/mol. The summed E-state index contributed by atoms with van der Waals surface area (Å²) in [6, 6.07) is 8.15. The molecule has 1 aromatic rings. The molecule has 114 valence electrons. The Hall–Kier alpha value is -1.10. The predicted octanol–water partition coefficient (Wildman–Crippen LogP) is 1.86. The van der Waals surface area contributed by atoms with Crippen LogP contribution in [0.1, 0.15) is 18.9 Å². The summed E-state index contributed by atoms with van der Waals surface area (Å²) in [7, 11) is 0. The minimum atomic E-state index is 0.0658.